The summed E-state index contributed by atoms with van der Waals surface area (Å²) in [5.41, 5.74) is 0.334. The zero-order chi connectivity index (χ0) is 20.8. The number of methoxy groups -OCH3 is 1. The molecule has 9 heteroatoms. The highest BCUT2D eigenvalue weighted by atomic mass is 32.2. The van der Waals surface area contributed by atoms with E-state index in [-0.39, 0.29) is 16.0 Å². The van der Waals surface area contributed by atoms with Crippen LogP contribution in [0.3, 0.4) is 0 Å². The van der Waals surface area contributed by atoms with Crippen molar-refractivity contribution >= 4 is 33.0 Å². The van der Waals surface area contributed by atoms with E-state index in [4.69, 9.17) is 4.74 Å². The van der Waals surface area contributed by atoms with Crippen molar-refractivity contribution in [2.75, 3.05) is 26.5 Å². The SMILES string of the molecule is COc1ccc(C2(C(=O)N3CCCN3C(=O)c3ccc(S(C)(=O)=O)s3)CC2)cc1. The van der Waals surface area contributed by atoms with E-state index in [0.29, 0.717) is 24.4 Å². The molecule has 0 N–H and O–H groups in total. The summed E-state index contributed by atoms with van der Waals surface area (Å²) >= 11 is 0.941. The van der Waals surface area contributed by atoms with E-state index in [1.165, 1.54) is 17.1 Å². The summed E-state index contributed by atoms with van der Waals surface area (Å²) in [6, 6.07) is 10.4. The van der Waals surface area contributed by atoms with Gasteiger partial charge in [0.1, 0.15) is 9.96 Å². The molecular formula is C20H22N2O5S2. The molecule has 4 rings (SSSR count). The normalized spacial score (nSPS) is 18.0. The van der Waals surface area contributed by atoms with E-state index >= 15 is 0 Å². The monoisotopic (exact) mass is 434 g/mol. The van der Waals surface area contributed by atoms with E-state index in [1.54, 1.807) is 12.1 Å². The van der Waals surface area contributed by atoms with Gasteiger partial charge in [-0.25, -0.2) is 13.4 Å². The Bertz CT molecular complexity index is 1050. The molecule has 0 spiro atoms. The zero-order valence-electron chi connectivity index (χ0n) is 16.3. The van der Waals surface area contributed by atoms with E-state index < -0.39 is 15.3 Å². The summed E-state index contributed by atoms with van der Waals surface area (Å²) < 4.78 is 28.8. The molecule has 1 saturated heterocycles. The fraction of sp³-hybridized carbons (Fsp3) is 0.400. The number of thiophene rings is 1. The van der Waals surface area contributed by atoms with Gasteiger partial charge in [-0.1, -0.05) is 12.1 Å². The fourth-order valence-corrected chi connectivity index (χ4v) is 5.58. The van der Waals surface area contributed by atoms with Crippen LogP contribution in [0.1, 0.15) is 34.5 Å². The third kappa shape index (κ3) is 3.53. The molecule has 2 aliphatic rings. The molecule has 0 atom stereocenters. The largest absolute Gasteiger partial charge is 0.497 e. The van der Waals surface area contributed by atoms with Crippen molar-refractivity contribution in [2.24, 2.45) is 0 Å². The molecule has 2 heterocycles. The molecule has 1 aliphatic carbocycles. The van der Waals surface area contributed by atoms with Gasteiger partial charge >= 0.3 is 0 Å². The summed E-state index contributed by atoms with van der Waals surface area (Å²) in [4.78, 5) is 26.7. The number of sulfone groups is 1. The number of carbonyl (C=O) groups excluding carboxylic acids is 2. The van der Waals surface area contributed by atoms with Crippen LogP contribution in [0.25, 0.3) is 0 Å². The second-order valence-electron chi connectivity index (χ2n) is 7.41. The van der Waals surface area contributed by atoms with Crippen LogP contribution in [0.4, 0.5) is 0 Å². The minimum Gasteiger partial charge on any atom is -0.497 e. The number of benzene rings is 1. The first-order valence-electron chi connectivity index (χ1n) is 9.34. The number of rotatable bonds is 5. The topological polar surface area (TPSA) is 84.0 Å². The quantitative estimate of drug-likeness (QED) is 0.722. The lowest BCUT2D eigenvalue weighted by Gasteiger charge is -2.31. The van der Waals surface area contributed by atoms with Crippen LogP contribution in [-0.2, 0) is 20.0 Å². The van der Waals surface area contributed by atoms with Crippen molar-refractivity contribution in [3.05, 3.63) is 46.8 Å². The van der Waals surface area contributed by atoms with Crippen LogP contribution in [0.15, 0.2) is 40.6 Å². The van der Waals surface area contributed by atoms with E-state index in [1.807, 2.05) is 24.3 Å². The maximum Gasteiger partial charge on any atom is 0.282 e. The highest BCUT2D eigenvalue weighted by molar-refractivity contribution is 7.92. The number of ether oxygens (including phenoxy) is 1. The highest BCUT2D eigenvalue weighted by Crippen LogP contribution is 2.50. The Balaban J connectivity index is 1.57. The van der Waals surface area contributed by atoms with Crippen LogP contribution < -0.4 is 4.74 Å². The van der Waals surface area contributed by atoms with Gasteiger partial charge in [0, 0.05) is 19.3 Å². The molecule has 7 nitrogen and oxygen atoms in total. The van der Waals surface area contributed by atoms with Crippen molar-refractivity contribution < 1.29 is 22.7 Å². The van der Waals surface area contributed by atoms with E-state index in [0.717, 1.165) is 41.7 Å². The van der Waals surface area contributed by atoms with Gasteiger partial charge in [-0.05, 0) is 49.1 Å². The van der Waals surface area contributed by atoms with Gasteiger partial charge in [0.2, 0.25) is 0 Å². The molecule has 1 aromatic heterocycles. The standard InChI is InChI=1S/C20H22N2O5S2/c1-27-15-6-4-14(5-7-15)20(10-11-20)19(24)22-13-3-12-21(22)18(23)16-8-9-17(28-16)29(2,25)26/h4-9H,3,10-13H2,1-2H3. The number of hydrogen-bond donors (Lipinski definition) is 0. The number of amides is 2. The first kappa shape index (κ1) is 19.9. The van der Waals surface area contributed by atoms with Crippen molar-refractivity contribution in [3.63, 3.8) is 0 Å². The van der Waals surface area contributed by atoms with Gasteiger partial charge in [0.25, 0.3) is 11.8 Å². The Labute approximate surface area is 173 Å². The van der Waals surface area contributed by atoms with Gasteiger partial charge in [-0.3, -0.25) is 14.6 Å². The van der Waals surface area contributed by atoms with Gasteiger partial charge in [0.15, 0.2) is 9.84 Å². The van der Waals surface area contributed by atoms with Crippen molar-refractivity contribution in [1.82, 2.24) is 10.0 Å². The first-order chi connectivity index (χ1) is 13.8. The maximum absolute atomic E-state index is 13.4. The lowest BCUT2D eigenvalue weighted by Crippen LogP contribution is -2.48. The fourth-order valence-electron chi connectivity index (χ4n) is 3.70. The molecule has 29 heavy (non-hydrogen) atoms. The van der Waals surface area contributed by atoms with E-state index in [9.17, 15) is 18.0 Å². The lowest BCUT2D eigenvalue weighted by molar-refractivity contribution is -0.143. The molecule has 2 amide bonds. The Morgan fingerprint density at radius 3 is 2.24 bits per heavy atom. The second kappa shape index (κ2) is 7.14. The summed E-state index contributed by atoms with van der Waals surface area (Å²) in [5.74, 6) is 0.323. The number of carbonyl (C=O) groups is 2. The smallest absolute Gasteiger partial charge is 0.282 e. The molecule has 2 fully saturated rings. The van der Waals surface area contributed by atoms with Gasteiger partial charge in [-0.2, -0.15) is 0 Å². The van der Waals surface area contributed by atoms with E-state index in [2.05, 4.69) is 0 Å². The Hall–Kier alpha value is -2.39. The summed E-state index contributed by atoms with van der Waals surface area (Å²) in [5, 5.41) is 3.00. The van der Waals surface area contributed by atoms with Gasteiger partial charge in [-0.15, -0.1) is 11.3 Å². The average Bonchev–Trinajstić information content (AvgIpc) is 3.13. The van der Waals surface area contributed by atoms with Crippen LogP contribution in [0.5, 0.6) is 5.75 Å². The molecule has 1 saturated carbocycles. The van der Waals surface area contributed by atoms with Crippen LogP contribution in [-0.4, -0.2) is 56.7 Å². The minimum absolute atomic E-state index is 0.0755. The van der Waals surface area contributed by atoms with Gasteiger partial charge in [0.05, 0.1) is 17.4 Å². The third-order valence-electron chi connectivity index (χ3n) is 5.46. The molecular weight excluding hydrogens is 412 g/mol. The molecule has 0 unspecified atom stereocenters. The van der Waals surface area contributed by atoms with Crippen LogP contribution >= 0.6 is 11.3 Å². The first-order valence-corrected chi connectivity index (χ1v) is 12.1. The van der Waals surface area contributed by atoms with Crippen molar-refractivity contribution in [2.45, 2.75) is 28.9 Å². The van der Waals surface area contributed by atoms with Gasteiger partial charge < -0.3 is 4.74 Å². The predicted molar refractivity (Wildman–Crippen MR) is 109 cm³/mol. The van der Waals surface area contributed by atoms with Crippen molar-refractivity contribution in [3.8, 4) is 5.75 Å². The highest BCUT2D eigenvalue weighted by Gasteiger charge is 2.55. The van der Waals surface area contributed by atoms with Crippen LogP contribution in [0.2, 0.25) is 0 Å². The Morgan fingerprint density at radius 2 is 1.69 bits per heavy atom. The summed E-state index contributed by atoms with van der Waals surface area (Å²) in [6.07, 6.45) is 3.30. The molecule has 154 valence electrons. The summed E-state index contributed by atoms with van der Waals surface area (Å²) in [6.45, 7) is 0.919. The summed E-state index contributed by atoms with van der Waals surface area (Å²) in [7, 11) is -1.77. The molecule has 2 aromatic rings. The molecule has 0 radical (unpaired) electrons. The Morgan fingerprint density at radius 1 is 1.03 bits per heavy atom. The number of hydrazine groups is 1. The molecule has 1 aliphatic heterocycles. The molecule has 0 bridgehead atoms. The van der Waals surface area contributed by atoms with Crippen molar-refractivity contribution in [1.29, 1.82) is 0 Å². The minimum atomic E-state index is -3.37. The average molecular weight is 435 g/mol. The predicted octanol–water partition coefficient (Wildman–Crippen LogP) is 2.48. The number of hydrogen-bond acceptors (Lipinski definition) is 6. The van der Waals surface area contributed by atoms with Crippen LogP contribution in [0, 0.1) is 0 Å². The second-order valence-corrected chi connectivity index (χ2v) is 10.7. The Kier molecular flexibility index (Phi) is 4.90. The zero-order valence-corrected chi connectivity index (χ0v) is 17.9. The lowest BCUT2D eigenvalue weighted by atomic mass is 9.94. The maximum atomic E-state index is 13.4. The third-order valence-corrected chi connectivity index (χ3v) is 8.35. The number of nitrogens with zero attached hydrogens (tertiary/aromatic N) is 2. The molecule has 1 aromatic carbocycles.